The molecule has 1 unspecified atom stereocenters. The van der Waals surface area contributed by atoms with Crippen LogP contribution in [0.5, 0.6) is 0 Å². The van der Waals surface area contributed by atoms with Crippen molar-refractivity contribution in [2.75, 3.05) is 0 Å². The standard InChI is InChI=1S/C14H21BrFN/c1-2-3-4-5-6-13(17)9-11-7-8-12(16)10-14(11)15/h7-8,10,13H,2-6,9,17H2,1H3. The predicted octanol–water partition coefficient (Wildman–Crippen LogP) is 4.43. The van der Waals surface area contributed by atoms with E-state index in [1.807, 2.05) is 6.07 Å². The lowest BCUT2D eigenvalue weighted by atomic mass is 10.0. The first-order valence-corrected chi connectivity index (χ1v) is 7.12. The van der Waals surface area contributed by atoms with Crippen LogP contribution in [0.1, 0.15) is 44.6 Å². The summed E-state index contributed by atoms with van der Waals surface area (Å²) in [6.07, 6.45) is 6.84. The molecule has 0 amide bonds. The van der Waals surface area contributed by atoms with Crippen LogP contribution in [0, 0.1) is 5.82 Å². The first-order chi connectivity index (χ1) is 8.13. The van der Waals surface area contributed by atoms with Gasteiger partial charge in [0.25, 0.3) is 0 Å². The molecule has 0 aliphatic carbocycles. The number of benzene rings is 1. The highest BCUT2D eigenvalue weighted by Crippen LogP contribution is 2.20. The van der Waals surface area contributed by atoms with E-state index in [4.69, 9.17) is 5.73 Å². The molecule has 0 aliphatic rings. The van der Waals surface area contributed by atoms with Gasteiger partial charge in [0.1, 0.15) is 5.82 Å². The Morgan fingerprint density at radius 3 is 2.71 bits per heavy atom. The zero-order valence-electron chi connectivity index (χ0n) is 10.4. The second kappa shape index (κ2) is 7.83. The third-order valence-electron chi connectivity index (χ3n) is 2.93. The number of nitrogens with two attached hydrogens (primary N) is 1. The quantitative estimate of drug-likeness (QED) is 0.741. The molecule has 17 heavy (non-hydrogen) atoms. The van der Waals surface area contributed by atoms with Crippen LogP contribution in [-0.4, -0.2) is 6.04 Å². The van der Waals surface area contributed by atoms with Gasteiger partial charge in [-0.15, -0.1) is 0 Å². The van der Waals surface area contributed by atoms with Gasteiger partial charge in [0.2, 0.25) is 0 Å². The van der Waals surface area contributed by atoms with Gasteiger partial charge in [-0.2, -0.15) is 0 Å². The van der Waals surface area contributed by atoms with E-state index in [0.29, 0.717) is 0 Å². The fourth-order valence-electron chi connectivity index (χ4n) is 1.91. The van der Waals surface area contributed by atoms with Crippen molar-refractivity contribution in [1.82, 2.24) is 0 Å². The van der Waals surface area contributed by atoms with Crippen LogP contribution in [0.15, 0.2) is 22.7 Å². The van der Waals surface area contributed by atoms with Gasteiger partial charge in [0.15, 0.2) is 0 Å². The summed E-state index contributed by atoms with van der Waals surface area (Å²) < 4.78 is 13.7. The highest BCUT2D eigenvalue weighted by molar-refractivity contribution is 9.10. The fraction of sp³-hybridized carbons (Fsp3) is 0.571. The third kappa shape index (κ3) is 5.64. The number of halogens is 2. The minimum atomic E-state index is -0.211. The summed E-state index contributed by atoms with van der Waals surface area (Å²) in [7, 11) is 0. The summed E-state index contributed by atoms with van der Waals surface area (Å²) in [4.78, 5) is 0. The zero-order valence-corrected chi connectivity index (χ0v) is 12.0. The van der Waals surface area contributed by atoms with E-state index >= 15 is 0 Å². The average Bonchev–Trinajstić information content (AvgIpc) is 2.28. The van der Waals surface area contributed by atoms with Crippen LogP contribution in [-0.2, 0) is 6.42 Å². The monoisotopic (exact) mass is 301 g/mol. The van der Waals surface area contributed by atoms with Crippen molar-refractivity contribution < 1.29 is 4.39 Å². The van der Waals surface area contributed by atoms with Crippen molar-refractivity contribution in [2.24, 2.45) is 5.73 Å². The Labute approximate surface area is 112 Å². The minimum absolute atomic E-state index is 0.175. The Balaban J connectivity index is 2.37. The molecule has 1 rings (SSSR count). The van der Waals surface area contributed by atoms with Gasteiger partial charge in [-0.25, -0.2) is 4.39 Å². The van der Waals surface area contributed by atoms with E-state index in [9.17, 15) is 4.39 Å². The molecule has 0 saturated carbocycles. The molecule has 0 bridgehead atoms. The SMILES string of the molecule is CCCCCCC(N)Cc1ccc(F)cc1Br. The number of unbranched alkanes of at least 4 members (excludes halogenated alkanes) is 3. The summed E-state index contributed by atoms with van der Waals surface area (Å²) >= 11 is 3.37. The smallest absolute Gasteiger partial charge is 0.124 e. The second-order valence-electron chi connectivity index (χ2n) is 4.55. The number of hydrogen-bond donors (Lipinski definition) is 1. The normalized spacial score (nSPS) is 12.7. The summed E-state index contributed by atoms with van der Waals surface area (Å²) in [6, 6.07) is 4.97. The molecule has 1 aromatic carbocycles. The maximum absolute atomic E-state index is 12.9. The van der Waals surface area contributed by atoms with Crippen molar-refractivity contribution in [2.45, 2.75) is 51.5 Å². The number of hydrogen-bond acceptors (Lipinski definition) is 1. The maximum atomic E-state index is 12.9. The zero-order chi connectivity index (χ0) is 12.7. The van der Waals surface area contributed by atoms with Crippen molar-refractivity contribution >= 4 is 15.9 Å². The molecule has 0 aromatic heterocycles. The molecule has 2 N–H and O–H groups in total. The van der Waals surface area contributed by atoms with Gasteiger partial charge in [0, 0.05) is 10.5 Å². The first-order valence-electron chi connectivity index (χ1n) is 6.33. The van der Waals surface area contributed by atoms with E-state index in [1.165, 1.54) is 37.8 Å². The third-order valence-corrected chi connectivity index (χ3v) is 3.66. The highest BCUT2D eigenvalue weighted by atomic mass is 79.9. The molecular formula is C14H21BrFN. The molecule has 0 aliphatic heterocycles. The van der Waals surface area contributed by atoms with Gasteiger partial charge in [0.05, 0.1) is 0 Å². The predicted molar refractivity (Wildman–Crippen MR) is 74.5 cm³/mol. The first kappa shape index (κ1) is 14.7. The van der Waals surface area contributed by atoms with Crippen LogP contribution in [0.2, 0.25) is 0 Å². The molecule has 0 heterocycles. The number of rotatable bonds is 7. The lowest BCUT2D eigenvalue weighted by Crippen LogP contribution is -2.22. The average molecular weight is 302 g/mol. The van der Waals surface area contributed by atoms with Crippen LogP contribution >= 0.6 is 15.9 Å². The van der Waals surface area contributed by atoms with Gasteiger partial charge in [-0.3, -0.25) is 0 Å². The fourth-order valence-corrected chi connectivity index (χ4v) is 2.42. The van der Waals surface area contributed by atoms with Gasteiger partial charge >= 0.3 is 0 Å². The molecule has 0 saturated heterocycles. The Morgan fingerprint density at radius 2 is 2.06 bits per heavy atom. The molecule has 1 aromatic rings. The summed E-state index contributed by atoms with van der Waals surface area (Å²) in [5.41, 5.74) is 7.17. The van der Waals surface area contributed by atoms with Gasteiger partial charge in [-0.1, -0.05) is 54.6 Å². The second-order valence-corrected chi connectivity index (χ2v) is 5.40. The van der Waals surface area contributed by atoms with Gasteiger partial charge in [-0.05, 0) is 30.5 Å². The maximum Gasteiger partial charge on any atom is 0.124 e. The molecular weight excluding hydrogens is 281 g/mol. The van der Waals surface area contributed by atoms with Crippen LogP contribution in [0.3, 0.4) is 0 Å². The van der Waals surface area contributed by atoms with Crippen LogP contribution in [0.25, 0.3) is 0 Å². The topological polar surface area (TPSA) is 26.0 Å². The Hall–Kier alpha value is -0.410. The Kier molecular flexibility index (Phi) is 6.75. The summed E-state index contributed by atoms with van der Waals surface area (Å²) in [5, 5.41) is 0. The van der Waals surface area contributed by atoms with E-state index in [-0.39, 0.29) is 11.9 Å². The van der Waals surface area contributed by atoms with E-state index in [0.717, 1.165) is 22.9 Å². The minimum Gasteiger partial charge on any atom is -0.327 e. The van der Waals surface area contributed by atoms with E-state index in [2.05, 4.69) is 22.9 Å². The van der Waals surface area contributed by atoms with Crippen molar-refractivity contribution in [1.29, 1.82) is 0 Å². The Bertz CT molecular complexity index is 341. The molecule has 3 heteroatoms. The molecule has 1 nitrogen and oxygen atoms in total. The molecule has 1 atom stereocenters. The van der Waals surface area contributed by atoms with E-state index in [1.54, 1.807) is 0 Å². The van der Waals surface area contributed by atoms with Gasteiger partial charge < -0.3 is 5.73 Å². The Morgan fingerprint density at radius 1 is 1.29 bits per heavy atom. The van der Waals surface area contributed by atoms with Crippen LogP contribution in [0.4, 0.5) is 4.39 Å². The van der Waals surface area contributed by atoms with E-state index < -0.39 is 0 Å². The summed E-state index contributed by atoms with van der Waals surface area (Å²) in [6.45, 7) is 2.20. The summed E-state index contributed by atoms with van der Waals surface area (Å²) in [5.74, 6) is -0.211. The van der Waals surface area contributed by atoms with Crippen molar-refractivity contribution in [3.05, 3.63) is 34.1 Å². The van der Waals surface area contributed by atoms with Crippen molar-refractivity contribution in [3.63, 3.8) is 0 Å². The lowest BCUT2D eigenvalue weighted by molar-refractivity contribution is 0.545. The molecule has 0 radical (unpaired) electrons. The highest BCUT2D eigenvalue weighted by Gasteiger charge is 2.07. The van der Waals surface area contributed by atoms with Crippen LogP contribution < -0.4 is 5.73 Å². The lowest BCUT2D eigenvalue weighted by Gasteiger charge is -2.12. The van der Waals surface area contributed by atoms with Crippen molar-refractivity contribution in [3.8, 4) is 0 Å². The molecule has 0 spiro atoms. The molecule has 96 valence electrons. The molecule has 0 fully saturated rings. The largest absolute Gasteiger partial charge is 0.327 e.